The van der Waals surface area contributed by atoms with Gasteiger partial charge in [-0.15, -0.1) is 0 Å². The molecule has 4 N–H and O–H groups in total. The van der Waals surface area contributed by atoms with E-state index >= 15 is 0 Å². The van der Waals surface area contributed by atoms with Crippen LogP contribution in [0.3, 0.4) is 0 Å². The lowest BCUT2D eigenvalue weighted by Gasteiger charge is -2.27. The third kappa shape index (κ3) is 3.47. The number of nitrogens with one attached hydrogen (secondary N) is 2. The lowest BCUT2D eigenvalue weighted by molar-refractivity contribution is 0.242. The Labute approximate surface area is 175 Å². The maximum atomic E-state index is 12.8. The highest BCUT2D eigenvalue weighted by Crippen LogP contribution is 2.26. The molecule has 0 aliphatic carbocycles. The Hall–Kier alpha value is -2.90. The fourth-order valence-electron chi connectivity index (χ4n) is 3.92. The fourth-order valence-corrected chi connectivity index (χ4v) is 4.28. The van der Waals surface area contributed by atoms with Crippen molar-refractivity contribution in [1.82, 2.24) is 19.9 Å². The maximum absolute atomic E-state index is 12.8. The van der Waals surface area contributed by atoms with Crippen LogP contribution in [0, 0.1) is 0 Å². The summed E-state index contributed by atoms with van der Waals surface area (Å²) in [5, 5.41) is 1.20. The zero-order valence-corrected chi connectivity index (χ0v) is 17.3. The second kappa shape index (κ2) is 7.17. The van der Waals surface area contributed by atoms with Crippen molar-refractivity contribution in [2.24, 2.45) is 0 Å². The van der Waals surface area contributed by atoms with Gasteiger partial charge in [0.05, 0.1) is 11.3 Å². The topological polar surface area (TPSA) is 90.8 Å². The summed E-state index contributed by atoms with van der Waals surface area (Å²) in [5.41, 5.74) is 11.2. The van der Waals surface area contributed by atoms with Crippen LogP contribution in [-0.2, 0) is 19.5 Å². The van der Waals surface area contributed by atoms with Gasteiger partial charge in [-0.1, -0.05) is 15.9 Å². The van der Waals surface area contributed by atoms with Gasteiger partial charge < -0.3 is 15.7 Å². The van der Waals surface area contributed by atoms with E-state index in [0.717, 1.165) is 46.3 Å². The predicted octanol–water partition coefficient (Wildman–Crippen LogP) is 3.82. The zero-order valence-electron chi connectivity index (χ0n) is 15.7. The Kier molecular flexibility index (Phi) is 4.49. The SMILES string of the molecule is Nc1ccc(-c2nc3c(c(=O)[nH]2)CN(Cc2c[nH]c4ccc(Br)cc24)CC3)cc1. The Bertz CT molecular complexity index is 1260. The fraction of sp³-hybridized carbons (Fsp3) is 0.182. The number of nitrogen functional groups attached to an aromatic ring is 1. The highest BCUT2D eigenvalue weighted by Gasteiger charge is 2.22. The van der Waals surface area contributed by atoms with Crippen molar-refractivity contribution < 1.29 is 0 Å². The van der Waals surface area contributed by atoms with Crippen LogP contribution in [0.2, 0.25) is 0 Å². The van der Waals surface area contributed by atoms with Crippen LogP contribution in [0.1, 0.15) is 16.8 Å². The lowest BCUT2D eigenvalue weighted by atomic mass is 10.0. The first-order valence-corrected chi connectivity index (χ1v) is 10.3. The minimum absolute atomic E-state index is 0.0619. The monoisotopic (exact) mass is 449 g/mol. The Balaban J connectivity index is 1.41. The molecule has 29 heavy (non-hydrogen) atoms. The van der Waals surface area contributed by atoms with E-state index in [0.29, 0.717) is 18.1 Å². The van der Waals surface area contributed by atoms with Gasteiger partial charge in [0, 0.05) is 58.9 Å². The third-order valence-corrected chi connectivity index (χ3v) is 5.95. The molecule has 5 rings (SSSR count). The molecule has 0 amide bonds. The molecule has 2 aromatic heterocycles. The number of nitrogens with zero attached hydrogens (tertiary/aromatic N) is 2. The molecule has 0 bridgehead atoms. The largest absolute Gasteiger partial charge is 0.399 e. The van der Waals surface area contributed by atoms with E-state index in [4.69, 9.17) is 10.7 Å². The summed E-state index contributed by atoms with van der Waals surface area (Å²) in [7, 11) is 0. The molecule has 0 spiro atoms. The van der Waals surface area contributed by atoms with Gasteiger partial charge >= 0.3 is 0 Å². The number of hydrogen-bond donors (Lipinski definition) is 3. The van der Waals surface area contributed by atoms with Gasteiger partial charge in [0.25, 0.3) is 5.56 Å². The first-order chi connectivity index (χ1) is 14.1. The van der Waals surface area contributed by atoms with Gasteiger partial charge in [0.2, 0.25) is 0 Å². The van der Waals surface area contributed by atoms with Gasteiger partial charge in [-0.25, -0.2) is 4.98 Å². The predicted molar refractivity (Wildman–Crippen MR) is 119 cm³/mol. The number of aromatic nitrogens is 3. The highest BCUT2D eigenvalue weighted by atomic mass is 79.9. The van der Waals surface area contributed by atoms with Crippen molar-refractivity contribution in [3.8, 4) is 11.4 Å². The molecule has 146 valence electrons. The van der Waals surface area contributed by atoms with Crippen LogP contribution in [0.5, 0.6) is 0 Å². The summed E-state index contributed by atoms with van der Waals surface area (Å²) in [4.78, 5) is 26.1. The molecule has 0 saturated carbocycles. The summed E-state index contributed by atoms with van der Waals surface area (Å²) in [5.74, 6) is 0.601. The second-order valence-electron chi connectivity index (χ2n) is 7.43. The average molecular weight is 450 g/mol. The number of anilines is 1. The van der Waals surface area contributed by atoms with Gasteiger partial charge in [0.15, 0.2) is 0 Å². The van der Waals surface area contributed by atoms with Crippen molar-refractivity contribution in [3.63, 3.8) is 0 Å². The molecular weight excluding hydrogens is 430 g/mol. The number of benzene rings is 2. The van der Waals surface area contributed by atoms with Crippen molar-refractivity contribution in [3.05, 3.63) is 80.3 Å². The molecule has 1 aliphatic heterocycles. The minimum Gasteiger partial charge on any atom is -0.399 e. The van der Waals surface area contributed by atoms with Crippen LogP contribution in [0.4, 0.5) is 5.69 Å². The first-order valence-electron chi connectivity index (χ1n) is 9.53. The Morgan fingerprint density at radius 2 is 2.00 bits per heavy atom. The zero-order chi connectivity index (χ0) is 20.0. The summed E-state index contributed by atoms with van der Waals surface area (Å²) in [6.07, 6.45) is 2.81. The number of H-pyrrole nitrogens is 2. The first kappa shape index (κ1) is 18.1. The minimum atomic E-state index is -0.0619. The molecule has 1 aliphatic rings. The van der Waals surface area contributed by atoms with Gasteiger partial charge in [-0.3, -0.25) is 9.69 Å². The number of hydrogen-bond acceptors (Lipinski definition) is 4. The molecule has 0 radical (unpaired) electrons. The highest BCUT2D eigenvalue weighted by molar-refractivity contribution is 9.10. The van der Waals surface area contributed by atoms with E-state index in [1.165, 1.54) is 10.9 Å². The summed E-state index contributed by atoms with van der Waals surface area (Å²) in [6, 6.07) is 13.6. The third-order valence-electron chi connectivity index (χ3n) is 5.46. The molecule has 4 aromatic rings. The van der Waals surface area contributed by atoms with Gasteiger partial charge in [-0.05, 0) is 48.0 Å². The van der Waals surface area contributed by atoms with E-state index < -0.39 is 0 Å². The van der Waals surface area contributed by atoms with Crippen LogP contribution in [0.15, 0.2) is 57.9 Å². The number of aromatic amines is 2. The van der Waals surface area contributed by atoms with E-state index in [1.54, 1.807) is 0 Å². The van der Waals surface area contributed by atoms with E-state index in [9.17, 15) is 4.79 Å². The molecule has 3 heterocycles. The molecule has 0 saturated heterocycles. The molecule has 0 atom stereocenters. The van der Waals surface area contributed by atoms with E-state index in [1.807, 2.05) is 30.3 Å². The molecule has 0 fully saturated rings. The maximum Gasteiger partial charge on any atom is 0.255 e. The molecular formula is C22H20BrN5O. The molecule has 0 unspecified atom stereocenters. The summed E-state index contributed by atoms with van der Waals surface area (Å²) < 4.78 is 1.06. The number of rotatable bonds is 3. The normalized spacial score (nSPS) is 14.2. The molecule has 2 aromatic carbocycles. The molecule has 7 heteroatoms. The van der Waals surface area contributed by atoms with Crippen LogP contribution < -0.4 is 11.3 Å². The van der Waals surface area contributed by atoms with Crippen LogP contribution in [-0.4, -0.2) is 26.4 Å². The average Bonchev–Trinajstić information content (AvgIpc) is 3.11. The van der Waals surface area contributed by atoms with Crippen LogP contribution in [0.25, 0.3) is 22.3 Å². The number of halogens is 1. The summed E-state index contributed by atoms with van der Waals surface area (Å²) >= 11 is 3.55. The van der Waals surface area contributed by atoms with Crippen molar-refractivity contribution in [2.75, 3.05) is 12.3 Å². The quantitative estimate of drug-likeness (QED) is 0.414. The smallest absolute Gasteiger partial charge is 0.255 e. The standard InChI is InChI=1S/C22H20BrN5O/c23-15-3-6-19-17(9-15)14(10-25-19)11-28-8-7-20-18(12-28)22(29)27-21(26-20)13-1-4-16(24)5-2-13/h1-6,9-10,25H,7-8,11-12,24H2,(H,26,27,29). The van der Waals surface area contributed by atoms with E-state index in [-0.39, 0.29) is 5.56 Å². The van der Waals surface area contributed by atoms with Gasteiger partial charge in [0.1, 0.15) is 5.82 Å². The number of fused-ring (bicyclic) bond motifs is 2. The van der Waals surface area contributed by atoms with Crippen molar-refractivity contribution in [1.29, 1.82) is 0 Å². The lowest BCUT2D eigenvalue weighted by Crippen LogP contribution is -2.35. The Morgan fingerprint density at radius 3 is 2.83 bits per heavy atom. The summed E-state index contributed by atoms with van der Waals surface area (Å²) in [6.45, 7) is 2.25. The second-order valence-corrected chi connectivity index (χ2v) is 8.34. The van der Waals surface area contributed by atoms with Crippen molar-refractivity contribution in [2.45, 2.75) is 19.5 Å². The van der Waals surface area contributed by atoms with Gasteiger partial charge in [-0.2, -0.15) is 0 Å². The number of nitrogens with two attached hydrogens (primary N) is 1. The van der Waals surface area contributed by atoms with E-state index in [2.05, 4.69) is 49.1 Å². The Morgan fingerprint density at radius 1 is 1.17 bits per heavy atom. The molecule has 6 nitrogen and oxygen atoms in total. The van der Waals surface area contributed by atoms with Crippen molar-refractivity contribution >= 4 is 32.5 Å². The van der Waals surface area contributed by atoms with Crippen LogP contribution >= 0.6 is 15.9 Å².